The molecule has 1 unspecified atom stereocenters. The predicted molar refractivity (Wildman–Crippen MR) is 67.5 cm³/mol. The van der Waals surface area contributed by atoms with Crippen LogP contribution in [0.3, 0.4) is 0 Å². The van der Waals surface area contributed by atoms with Crippen molar-refractivity contribution in [3.8, 4) is 6.07 Å². The number of nitriles is 1. The molecule has 5 heteroatoms. The molecule has 0 saturated heterocycles. The molecular formula is C12H19N5. The predicted octanol–water partition coefficient (Wildman–Crippen LogP) is 2.13. The third-order valence-electron chi connectivity index (χ3n) is 3.24. The van der Waals surface area contributed by atoms with Crippen LogP contribution < -0.4 is 11.1 Å². The molecule has 2 rings (SSSR count). The summed E-state index contributed by atoms with van der Waals surface area (Å²) in [5, 5.41) is 16.8. The Balaban J connectivity index is 2.26. The van der Waals surface area contributed by atoms with E-state index in [1.807, 2.05) is 13.8 Å². The summed E-state index contributed by atoms with van der Waals surface area (Å²) < 4.78 is 1.69. The van der Waals surface area contributed by atoms with Gasteiger partial charge in [-0.15, -0.1) is 0 Å². The molecule has 0 aromatic carbocycles. The molecule has 0 amide bonds. The lowest BCUT2D eigenvalue weighted by atomic mass is 10.2. The van der Waals surface area contributed by atoms with Crippen molar-refractivity contribution in [1.82, 2.24) is 9.78 Å². The van der Waals surface area contributed by atoms with Crippen LogP contribution in [0, 0.1) is 17.2 Å². The third kappa shape index (κ3) is 2.21. The van der Waals surface area contributed by atoms with Crippen LogP contribution >= 0.6 is 0 Å². The minimum absolute atomic E-state index is 0.161. The van der Waals surface area contributed by atoms with Gasteiger partial charge in [-0.3, -0.25) is 0 Å². The molecule has 5 nitrogen and oxygen atoms in total. The molecule has 1 fully saturated rings. The second kappa shape index (κ2) is 4.28. The summed E-state index contributed by atoms with van der Waals surface area (Å²) in [5.74, 6) is 1.79. The number of anilines is 2. The number of nitrogens with zero attached hydrogens (tertiary/aromatic N) is 3. The number of nitrogen functional groups attached to an aromatic ring is 1. The summed E-state index contributed by atoms with van der Waals surface area (Å²) in [5.41, 5.74) is 6.39. The number of hydrogen-bond acceptors (Lipinski definition) is 4. The van der Waals surface area contributed by atoms with Crippen LogP contribution in [-0.4, -0.2) is 15.8 Å². The minimum atomic E-state index is 0.161. The smallest absolute Gasteiger partial charge is 0.168 e. The number of nitrogens with two attached hydrogens (primary N) is 1. The van der Waals surface area contributed by atoms with Gasteiger partial charge in [0, 0.05) is 12.1 Å². The molecule has 1 atom stereocenters. The molecule has 0 bridgehead atoms. The normalized spacial score (nSPS) is 16.9. The van der Waals surface area contributed by atoms with E-state index < -0.39 is 0 Å². The maximum Gasteiger partial charge on any atom is 0.168 e. The highest BCUT2D eigenvalue weighted by atomic mass is 15.4. The number of hydrogen-bond donors (Lipinski definition) is 2. The van der Waals surface area contributed by atoms with Crippen molar-refractivity contribution in [2.75, 3.05) is 11.1 Å². The van der Waals surface area contributed by atoms with Crippen molar-refractivity contribution in [2.24, 2.45) is 5.92 Å². The lowest BCUT2D eigenvalue weighted by Crippen LogP contribution is -2.18. The maximum atomic E-state index is 9.14. The summed E-state index contributed by atoms with van der Waals surface area (Å²) in [6.45, 7) is 6.13. The van der Waals surface area contributed by atoms with Gasteiger partial charge in [-0.25, -0.2) is 4.68 Å². The molecule has 1 aromatic heterocycles. The topological polar surface area (TPSA) is 79.7 Å². The Morgan fingerprint density at radius 1 is 1.47 bits per heavy atom. The van der Waals surface area contributed by atoms with E-state index >= 15 is 0 Å². The largest absolute Gasteiger partial charge is 0.383 e. The summed E-state index contributed by atoms with van der Waals surface area (Å²) in [4.78, 5) is 0. The fourth-order valence-electron chi connectivity index (χ4n) is 1.98. The van der Waals surface area contributed by atoms with E-state index in [1.165, 1.54) is 12.8 Å². The van der Waals surface area contributed by atoms with Gasteiger partial charge in [0.15, 0.2) is 5.82 Å². The minimum Gasteiger partial charge on any atom is -0.383 e. The van der Waals surface area contributed by atoms with E-state index in [0.717, 1.165) is 0 Å². The van der Waals surface area contributed by atoms with Crippen molar-refractivity contribution in [3.05, 3.63) is 5.56 Å². The van der Waals surface area contributed by atoms with E-state index in [9.17, 15) is 0 Å². The summed E-state index contributed by atoms with van der Waals surface area (Å²) in [7, 11) is 0. The summed E-state index contributed by atoms with van der Waals surface area (Å²) in [6.07, 6.45) is 2.52. The van der Waals surface area contributed by atoms with Crippen LogP contribution in [0.4, 0.5) is 11.6 Å². The van der Waals surface area contributed by atoms with Gasteiger partial charge in [-0.05, 0) is 39.5 Å². The van der Waals surface area contributed by atoms with E-state index in [2.05, 4.69) is 23.4 Å². The van der Waals surface area contributed by atoms with Crippen molar-refractivity contribution < 1.29 is 0 Å². The maximum absolute atomic E-state index is 9.14. The zero-order chi connectivity index (χ0) is 12.6. The first-order valence-electron chi connectivity index (χ1n) is 6.09. The van der Waals surface area contributed by atoms with Gasteiger partial charge in [0.25, 0.3) is 0 Å². The number of rotatable bonds is 4. The summed E-state index contributed by atoms with van der Waals surface area (Å²) >= 11 is 0. The lowest BCUT2D eigenvalue weighted by molar-refractivity contribution is 0.540. The van der Waals surface area contributed by atoms with Gasteiger partial charge in [0.05, 0.1) is 0 Å². The van der Waals surface area contributed by atoms with Crippen molar-refractivity contribution in [2.45, 2.75) is 45.7 Å². The van der Waals surface area contributed by atoms with E-state index in [0.29, 0.717) is 29.2 Å². The molecule has 1 aliphatic carbocycles. The van der Waals surface area contributed by atoms with Gasteiger partial charge < -0.3 is 11.1 Å². The first kappa shape index (κ1) is 11.8. The average Bonchev–Trinajstić information content (AvgIpc) is 3.05. The average molecular weight is 233 g/mol. The van der Waals surface area contributed by atoms with Gasteiger partial charge >= 0.3 is 0 Å². The lowest BCUT2D eigenvalue weighted by Gasteiger charge is -2.11. The van der Waals surface area contributed by atoms with E-state index in [-0.39, 0.29) is 6.04 Å². The van der Waals surface area contributed by atoms with Crippen molar-refractivity contribution >= 4 is 11.6 Å². The van der Waals surface area contributed by atoms with Crippen LogP contribution in [0.25, 0.3) is 0 Å². The molecule has 0 spiro atoms. The van der Waals surface area contributed by atoms with Crippen LogP contribution in [0.1, 0.15) is 45.2 Å². The van der Waals surface area contributed by atoms with Gasteiger partial charge in [0.2, 0.25) is 0 Å². The highest BCUT2D eigenvalue weighted by Crippen LogP contribution is 2.35. The second-order valence-corrected chi connectivity index (χ2v) is 5.03. The number of aromatic nitrogens is 2. The molecular weight excluding hydrogens is 214 g/mol. The van der Waals surface area contributed by atoms with Gasteiger partial charge in [0.1, 0.15) is 17.5 Å². The highest BCUT2D eigenvalue weighted by Gasteiger charge is 2.29. The van der Waals surface area contributed by atoms with Crippen LogP contribution in [0.15, 0.2) is 0 Å². The first-order chi connectivity index (χ1) is 8.04. The first-order valence-corrected chi connectivity index (χ1v) is 6.09. The monoisotopic (exact) mass is 233 g/mol. The van der Waals surface area contributed by atoms with Gasteiger partial charge in [-0.2, -0.15) is 10.4 Å². The fourth-order valence-corrected chi connectivity index (χ4v) is 1.98. The molecule has 1 heterocycles. The molecule has 0 aliphatic heterocycles. The Hall–Kier alpha value is -1.70. The highest BCUT2D eigenvalue weighted by molar-refractivity contribution is 5.64. The Labute approximate surface area is 102 Å². The van der Waals surface area contributed by atoms with Crippen LogP contribution in [-0.2, 0) is 0 Å². The molecule has 1 aromatic rings. The van der Waals surface area contributed by atoms with Crippen molar-refractivity contribution in [3.63, 3.8) is 0 Å². The summed E-state index contributed by atoms with van der Waals surface area (Å²) in [6, 6.07) is 2.65. The zero-order valence-corrected chi connectivity index (χ0v) is 10.6. The Morgan fingerprint density at radius 3 is 2.59 bits per heavy atom. The molecule has 3 N–H and O–H groups in total. The van der Waals surface area contributed by atoms with Crippen LogP contribution in [0.5, 0.6) is 0 Å². The fraction of sp³-hybridized carbons (Fsp3) is 0.667. The molecule has 1 saturated carbocycles. The molecule has 92 valence electrons. The SMILES string of the molecule is CC(Nc1nn(C(C)C)c(N)c1C#N)C1CC1. The Morgan fingerprint density at radius 2 is 2.12 bits per heavy atom. The van der Waals surface area contributed by atoms with E-state index in [4.69, 9.17) is 11.0 Å². The van der Waals surface area contributed by atoms with Gasteiger partial charge in [-0.1, -0.05) is 0 Å². The quantitative estimate of drug-likeness (QED) is 0.834. The number of nitrogens with one attached hydrogen (secondary N) is 1. The standard InChI is InChI=1S/C12H19N5/c1-7(2)17-11(14)10(6-13)12(16-17)15-8(3)9-4-5-9/h7-9H,4-5,14H2,1-3H3,(H,15,16). The molecule has 1 aliphatic rings. The van der Waals surface area contributed by atoms with Crippen molar-refractivity contribution in [1.29, 1.82) is 5.26 Å². The zero-order valence-electron chi connectivity index (χ0n) is 10.6. The molecule has 17 heavy (non-hydrogen) atoms. The van der Waals surface area contributed by atoms with E-state index in [1.54, 1.807) is 4.68 Å². The Bertz CT molecular complexity index is 450. The Kier molecular flexibility index (Phi) is 2.97. The third-order valence-corrected chi connectivity index (χ3v) is 3.24. The van der Waals surface area contributed by atoms with Crippen LogP contribution in [0.2, 0.25) is 0 Å². The second-order valence-electron chi connectivity index (χ2n) is 5.03. The molecule has 0 radical (unpaired) electrons.